The zero-order valence-electron chi connectivity index (χ0n) is 15.3. The number of carbonyl (C=O) groups excluding carboxylic acids is 2. The molecule has 0 aliphatic carbocycles. The van der Waals surface area contributed by atoms with Crippen molar-refractivity contribution in [2.24, 2.45) is 0 Å². The molecule has 3 aromatic carbocycles. The highest BCUT2D eigenvalue weighted by Gasteiger charge is 2.18. The minimum Gasteiger partial charge on any atom is -0.422 e. The Bertz CT molecular complexity index is 1180. The highest BCUT2D eigenvalue weighted by molar-refractivity contribution is 6.06. The summed E-state index contributed by atoms with van der Waals surface area (Å²) in [5.41, 5.74) is 3.08. The molecule has 28 heavy (non-hydrogen) atoms. The summed E-state index contributed by atoms with van der Waals surface area (Å²) in [6.45, 7) is 1.45. The van der Waals surface area contributed by atoms with Gasteiger partial charge in [0.05, 0.1) is 22.3 Å². The summed E-state index contributed by atoms with van der Waals surface area (Å²) in [5, 5.41) is 0.701. The SMILES string of the molecule is CC(=O)c1ccccc1OC(=O)c1cc(-c2ccccc2)nc2ccccc12. The second-order valence-corrected chi connectivity index (χ2v) is 6.38. The lowest BCUT2D eigenvalue weighted by Gasteiger charge is -2.11. The van der Waals surface area contributed by atoms with Gasteiger partial charge in [0.2, 0.25) is 0 Å². The molecule has 0 N–H and O–H groups in total. The molecular formula is C24H17NO3. The molecule has 4 heteroatoms. The van der Waals surface area contributed by atoms with Crippen molar-refractivity contribution < 1.29 is 14.3 Å². The summed E-state index contributed by atoms with van der Waals surface area (Å²) in [6, 6.07) is 25.6. The van der Waals surface area contributed by atoms with E-state index < -0.39 is 5.97 Å². The Hall–Kier alpha value is -3.79. The first-order valence-electron chi connectivity index (χ1n) is 8.91. The lowest BCUT2D eigenvalue weighted by molar-refractivity contribution is 0.0735. The molecule has 0 saturated heterocycles. The number of pyridine rings is 1. The van der Waals surface area contributed by atoms with Crippen LogP contribution in [-0.4, -0.2) is 16.7 Å². The number of Topliss-reactive ketones (excluding diaryl/α,β-unsaturated/α-hetero) is 1. The summed E-state index contributed by atoms with van der Waals surface area (Å²) < 4.78 is 5.60. The van der Waals surface area contributed by atoms with Gasteiger partial charge in [-0.3, -0.25) is 4.79 Å². The number of para-hydroxylation sites is 2. The van der Waals surface area contributed by atoms with Gasteiger partial charge >= 0.3 is 5.97 Å². The Morgan fingerprint density at radius 3 is 2.25 bits per heavy atom. The molecule has 0 aliphatic heterocycles. The van der Waals surface area contributed by atoms with Crippen molar-refractivity contribution in [1.29, 1.82) is 0 Å². The second-order valence-electron chi connectivity index (χ2n) is 6.38. The van der Waals surface area contributed by atoms with Crippen molar-refractivity contribution in [2.75, 3.05) is 0 Å². The minimum atomic E-state index is -0.524. The van der Waals surface area contributed by atoms with Crippen LogP contribution in [0.25, 0.3) is 22.2 Å². The summed E-state index contributed by atoms with van der Waals surface area (Å²) in [7, 11) is 0. The Balaban J connectivity index is 1.82. The first-order chi connectivity index (χ1) is 13.6. The van der Waals surface area contributed by atoms with Gasteiger partial charge in [0, 0.05) is 10.9 Å². The molecule has 0 radical (unpaired) electrons. The minimum absolute atomic E-state index is 0.159. The van der Waals surface area contributed by atoms with Gasteiger partial charge in [0.25, 0.3) is 0 Å². The van der Waals surface area contributed by atoms with E-state index in [-0.39, 0.29) is 11.5 Å². The number of nitrogens with zero attached hydrogens (tertiary/aromatic N) is 1. The van der Waals surface area contributed by atoms with Gasteiger partial charge < -0.3 is 4.74 Å². The average Bonchev–Trinajstić information content (AvgIpc) is 2.73. The predicted octanol–water partition coefficient (Wildman–Crippen LogP) is 5.32. The number of ether oxygens (including phenoxy) is 1. The first kappa shape index (κ1) is 17.6. The molecule has 0 bridgehead atoms. The summed E-state index contributed by atoms with van der Waals surface area (Å²) in [4.78, 5) is 29.5. The van der Waals surface area contributed by atoms with Crippen LogP contribution >= 0.6 is 0 Å². The maximum absolute atomic E-state index is 13.0. The topological polar surface area (TPSA) is 56.3 Å². The second kappa shape index (κ2) is 7.45. The molecule has 1 aromatic heterocycles. The van der Waals surface area contributed by atoms with Crippen molar-refractivity contribution in [3.05, 3.63) is 96.1 Å². The zero-order valence-corrected chi connectivity index (χ0v) is 15.3. The molecule has 1 heterocycles. The fourth-order valence-corrected chi connectivity index (χ4v) is 3.10. The molecule has 0 fully saturated rings. The van der Waals surface area contributed by atoms with E-state index >= 15 is 0 Å². The van der Waals surface area contributed by atoms with Crippen LogP contribution in [0.2, 0.25) is 0 Å². The third-order valence-electron chi connectivity index (χ3n) is 4.47. The van der Waals surface area contributed by atoms with Gasteiger partial charge in [0.15, 0.2) is 5.78 Å². The van der Waals surface area contributed by atoms with E-state index in [0.717, 1.165) is 5.56 Å². The smallest absolute Gasteiger partial charge is 0.344 e. The molecule has 4 nitrogen and oxygen atoms in total. The monoisotopic (exact) mass is 367 g/mol. The third-order valence-corrected chi connectivity index (χ3v) is 4.47. The Morgan fingerprint density at radius 1 is 0.786 bits per heavy atom. The average molecular weight is 367 g/mol. The normalized spacial score (nSPS) is 10.6. The molecule has 0 amide bonds. The maximum Gasteiger partial charge on any atom is 0.344 e. The quantitative estimate of drug-likeness (QED) is 0.278. The van der Waals surface area contributed by atoms with E-state index in [2.05, 4.69) is 4.98 Å². The number of benzene rings is 3. The van der Waals surface area contributed by atoms with Gasteiger partial charge in [-0.05, 0) is 31.2 Å². The van der Waals surface area contributed by atoms with Crippen molar-refractivity contribution in [3.8, 4) is 17.0 Å². The summed E-state index contributed by atoms with van der Waals surface area (Å²) in [5.74, 6) is -0.431. The number of esters is 1. The van der Waals surface area contributed by atoms with Crippen molar-refractivity contribution in [1.82, 2.24) is 4.98 Å². The van der Waals surface area contributed by atoms with Crippen LogP contribution in [0.1, 0.15) is 27.6 Å². The van der Waals surface area contributed by atoms with Crippen LogP contribution in [-0.2, 0) is 0 Å². The molecule has 136 valence electrons. The molecule has 4 rings (SSSR count). The summed E-state index contributed by atoms with van der Waals surface area (Å²) >= 11 is 0. The van der Waals surface area contributed by atoms with E-state index in [1.54, 1.807) is 30.3 Å². The molecule has 0 unspecified atom stereocenters. The predicted molar refractivity (Wildman–Crippen MR) is 109 cm³/mol. The standard InChI is InChI=1S/C24H17NO3/c1-16(26)18-11-6-8-14-23(18)28-24(27)20-15-22(17-9-3-2-4-10-17)25-21-13-7-5-12-19(20)21/h2-15H,1H3. The lowest BCUT2D eigenvalue weighted by atomic mass is 10.0. The van der Waals surface area contributed by atoms with Gasteiger partial charge in [-0.15, -0.1) is 0 Å². The Kier molecular flexibility index (Phi) is 4.68. The van der Waals surface area contributed by atoms with Crippen LogP contribution in [0.3, 0.4) is 0 Å². The molecule has 4 aromatic rings. The number of hydrogen-bond donors (Lipinski definition) is 0. The van der Waals surface area contributed by atoms with Gasteiger partial charge in [-0.1, -0.05) is 60.7 Å². The van der Waals surface area contributed by atoms with E-state index in [1.165, 1.54) is 6.92 Å². The Labute approximate surface area is 162 Å². The third kappa shape index (κ3) is 3.40. The fraction of sp³-hybridized carbons (Fsp3) is 0.0417. The number of aromatic nitrogens is 1. The van der Waals surface area contributed by atoms with Crippen LogP contribution < -0.4 is 4.74 Å². The lowest BCUT2D eigenvalue weighted by Crippen LogP contribution is -2.12. The maximum atomic E-state index is 13.0. The number of hydrogen-bond acceptors (Lipinski definition) is 4. The van der Waals surface area contributed by atoms with Crippen molar-refractivity contribution in [3.63, 3.8) is 0 Å². The van der Waals surface area contributed by atoms with Gasteiger partial charge in [-0.25, -0.2) is 9.78 Å². The van der Waals surface area contributed by atoms with E-state index in [4.69, 9.17) is 4.74 Å². The molecule has 0 saturated carbocycles. The highest BCUT2D eigenvalue weighted by Crippen LogP contribution is 2.27. The highest BCUT2D eigenvalue weighted by atomic mass is 16.5. The largest absolute Gasteiger partial charge is 0.422 e. The molecule has 0 aliphatic rings. The fourth-order valence-electron chi connectivity index (χ4n) is 3.10. The van der Waals surface area contributed by atoms with Crippen LogP contribution in [0.4, 0.5) is 0 Å². The van der Waals surface area contributed by atoms with Gasteiger partial charge in [0.1, 0.15) is 5.75 Å². The number of rotatable bonds is 4. The van der Waals surface area contributed by atoms with Crippen molar-refractivity contribution >= 4 is 22.7 Å². The molecule has 0 atom stereocenters. The van der Waals surface area contributed by atoms with Crippen LogP contribution in [0, 0.1) is 0 Å². The molecule has 0 spiro atoms. The Morgan fingerprint density at radius 2 is 1.46 bits per heavy atom. The molecular weight excluding hydrogens is 350 g/mol. The zero-order chi connectivity index (χ0) is 19.5. The number of ketones is 1. The number of fused-ring (bicyclic) bond motifs is 1. The van der Waals surface area contributed by atoms with Crippen molar-refractivity contribution in [2.45, 2.75) is 6.92 Å². The van der Waals surface area contributed by atoms with Crippen LogP contribution in [0.15, 0.2) is 84.9 Å². The first-order valence-corrected chi connectivity index (χ1v) is 8.91. The number of carbonyl (C=O) groups is 2. The van der Waals surface area contributed by atoms with Crippen LogP contribution in [0.5, 0.6) is 5.75 Å². The van der Waals surface area contributed by atoms with E-state index in [0.29, 0.717) is 27.7 Å². The van der Waals surface area contributed by atoms with E-state index in [1.807, 2.05) is 54.6 Å². The van der Waals surface area contributed by atoms with E-state index in [9.17, 15) is 9.59 Å². The summed E-state index contributed by atoms with van der Waals surface area (Å²) in [6.07, 6.45) is 0. The van der Waals surface area contributed by atoms with Gasteiger partial charge in [-0.2, -0.15) is 0 Å².